The number of hydrogen-bond acceptors (Lipinski definition) is 4. The lowest BCUT2D eigenvalue weighted by Crippen LogP contribution is -2.32. The molecule has 0 aliphatic heterocycles. The average molecular weight is 306 g/mol. The maximum Gasteiger partial charge on any atom is 0.252 e. The van der Waals surface area contributed by atoms with E-state index >= 15 is 0 Å². The fourth-order valence-corrected chi connectivity index (χ4v) is 2.69. The van der Waals surface area contributed by atoms with Crippen LogP contribution in [0.2, 0.25) is 0 Å². The Bertz CT molecular complexity index is 649. The normalized spacial score (nSPS) is 12.1. The van der Waals surface area contributed by atoms with Crippen molar-refractivity contribution in [3.8, 4) is 0 Å². The molecule has 1 amide bonds. The fourth-order valence-electron chi connectivity index (χ4n) is 2.01. The van der Waals surface area contributed by atoms with Crippen molar-refractivity contribution < 1.29 is 9.90 Å². The maximum atomic E-state index is 12.0. The number of hydrogen-bond donors (Lipinski definition) is 2. The van der Waals surface area contributed by atoms with E-state index in [0.717, 1.165) is 12.0 Å². The summed E-state index contributed by atoms with van der Waals surface area (Å²) in [5.74, 6) is -0.259. The molecule has 21 heavy (non-hydrogen) atoms. The molecule has 0 aliphatic carbocycles. The second-order valence-electron chi connectivity index (χ2n) is 4.96. The molecule has 0 radical (unpaired) electrons. The second kappa shape index (κ2) is 7.19. The van der Waals surface area contributed by atoms with Crippen LogP contribution >= 0.6 is 11.3 Å². The molecule has 2 N–H and O–H groups in total. The third-order valence-corrected chi connectivity index (χ3v) is 3.99. The van der Waals surface area contributed by atoms with E-state index in [0.29, 0.717) is 12.1 Å². The SMILES string of the molecule is Cn1cc(C(=O)NC[C@H](CO)Cc2ccsc2)ccc1=O. The summed E-state index contributed by atoms with van der Waals surface area (Å²) in [5.41, 5.74) is 1.44. The quantitative estimate of drug-likeness (QED) is 0.837. The molecule has 2 heterocycles. The van der Waals surface area contributed by atoms with Crippen LogP contribution in [0, 0.1) is 5.92 Å². The number of carbonyl (C=O) groups is 1. The number of rotatable bonds is 6. The molecule has 0 bridgehead atoms. The highest BCUT2D eigenvalue weighted by molar-refractivity contribution is 7.07. The van der Waals surface area contributed by atoms with E-state index in [9.17, 15) is 14.7 Å². The van der Waals surface area contributed by atoms with E-state index in [4.69, 9.17) is 0 Å². The molecular weight excluding hydrogens is 288 g/mol. The summed E-state index contributed by atoms with van der Waals surface area (Å²) in [6.07, 6.45) is 2.23. The molecule has 0 aromatic carbocycles. The first kappa shape index (κ1) is 15.5. The molecule has 2 aromatic rings. The van der Waals surface area contributed by atoms with Crippen LogP contribution in [0.25, 0.3) is 0 Å². The Morgan fingerprint density at radius 2 is 2.24 bits per heavy atom. The van der Waals surface area contributed by atoms with Crippen LogP contribution < -0.4 is 10.9 Å². The highest BCUT2D eigenvalue weighted by atomic mass is 32.1. The number of aliphatic hydroxyl groups excluding tert-OH is 1. The first-order valence-electron chi connectivity index (χ1n) is 6.67. The number of aliphatic hydroxyl groups is 1. The Balaban J connectivity index is 1.92. The zero-order valence-electron chi connectivity index (χ0n) is 11.8. The highest BCUT2D eigenvalue weighted by Crippen LogP contribution is 2.12. The minimum atomic E-state index is -0.241. The van der Waals surface area contributed by atoms with Crippen molar-refractivity contribution in [2.45, 2.75) is 6.42 Å². The van der Waals surface area contributed by atoms with Gasteiger partial charge in [0, 0.05) is 38.4 Å². The number of pyridine rings is 1. The minimum Gasteiger partial charge on any atom is -0.396 e. The number of amides is 1. The Hall–Kier alpha value is -1.92. The van der Waals surface area contributed by atoms with Gasteiger partial charge in [-0.1, -0.05) is 0 Å². The van der Waals surface area contributed by atoms with Crippen molar-refractivity contribution in [1.82, 2.24) is 9.88 Å². The van der Waals surface area contributed by atoms with Gasteiger partial charge in [0.15, 0.2) is 0 Å². The third kappa shape index (κ3) is 4.27. The molecule has 2 aromatic heterocycles. The van der Waals surface area contributed by atoms with Crippen molar-refractivity contribution in [2.75, 3.05) is 13.2 Å². The summed E-state index contributed by atoms with van der Waals surface area (Å²) in [7, 11) is 1.60. The zero-order valence-corrected chi connectivity index (χ0v) is 12.6. The first-order valence-corrected chi connectivity index (χ1v) is 7.61. The summed E-state index contributed by atoms with van der Waals surface area (Å²) in [6.45, 7) is 0.414. The van der Waals surface area contributed by atoms with E-state index in [-0.39, 0.29) is 24.0 Å². The Kier molecular flexibility index (Phi) is 5.30. The number of aryl methyl sites for hydroxylation is 1. The van der Waals surface area contributed by atoms with E-state index in [2.05, 4.69) is 5.32 Å². The molecule has 0 unspecified atom stereocenters. The van der Waals surface area contributed by atoms with Crippen molar-refractivity contribution in [3.63, 3.8) is 0 Å². The molecule has 5 nitrogen and oxygen atoms in total. The van der Waals surface area contributed by atoms with Gasteiger partial charge in [0.2, 0.25) is 5.56 Å². The lowest BCUT2D eigenvalue weighted by atomic mass is 10.0. The Morgan fingerprint density at radius 3 is 2.86 bits per heavy atom. The number of carbonyl (C=O) groups excluding carboxylic acids is 1. The van der Waals surface area contributed by atoms with Crippen LogP contribution in [0.4, 0.5) is 0 Å². The number of aromatic nitrogens is 1. The van der Waals surface area contributed by atoms with Gasteiger partial charge in [-0.25, -0.2) is 0 Å². The van der Waals surface area contributed by atoms with Crippen LogP contribution in [0.5, 0.6) is 0 Å². The molecule has 2 rings (SSSR count). The molecule has 0 saturated heterocycles. The van der Waals surface area contributed by atoms with Gasteiger partial charge in [-0.15, -0.1) is 0 Å². The van der Waals surface area contributed by atoms with Gasteiger partial charge >= 0.3 is 0 Å². The van der Waals surface area contributed by atoms with E-state index in [1.54, 1.807) is 18.4 Å². The molecule has 0 saturated carbocycles. The molecule has 0 fully saturated rings. The predicted octanol–water partition coefficient (Wildman–Crippen LogP) is 1.03. The standard InChI is InChI=1S/C15H18N2O3S/c1-17-8-13(2-3-14(17)19)15(20)16-7-12(9-18)6-11-4-5-21-10-11/h2-5,8,10,12,18H,6-7,9H2,1H3,(H,16,20)/t12-/m1/s1. The van der Waals surface area contributed by atoms with Crippen molar-refractivity contribution in [2.24, 2.45) is 13.0 Å². The van der Waals surface area contributed by atoms with Gasteiger partial charge in [0.1, 0.15) is 0 Å². The average Bonchev–Trinajstić information content (AvgIpc) is 2.99. The van der Waals surface area contributed by atoms with E-state index in [1.165, 1.54) is 22.9 Å². The summed E-state index contributed by atoms with van der Waals surface area (Å²) < 4.78 is 1.36. The summed E-state index contributed by atoms with van der Waals surface area (Å²) in [5, 5.41) is 16.2. The lowest BCUT2D eigenvalue weighted by molar-refractivity contribution is 0.0939. The smallest absolute Gasteiger partial charge is 0.252 e. The predicted molar refractivity (Wildman–Crippen MR) is 82.6 cm³/mol. The Labute approximate surface area is 126 Å². The lowest BCUT2D eigenvalue weighted by Gasteiger charge is -2.14. The van der Waals surface area contributed by atoms with E-state index in [1.807, 2.05) is 16.8 Å². The first-order chi connectivity index (χ1) is 10.1. The van der Waals surface area contributed by atoms with Crippen LogP contribution in [0.3, 0.4) is 0 Å². The van der Waals surface area contributed by atoms with Gasteiger partial charge in [-0.3, -0.25) is 9.59 Å². The van der Waals surface area contributed by atoms with Gasteiger partial charge in [-0.05, 0) is 34.9 Å². The minimum absolute atomic E-state index is 0.0173. The van der Waals surface area contributed by atoms with Crippen LogP contribution in [-0.2, 0) is 13.5 Å². The molecule has 0 spiro atoms. The van der Waals surface area contributed by atoms with Crippen LogP contribution in [0.15, 0.2) is 40.0 Å². The van der Waals surface area contributed by atoms with Gasteiger partial charge < -0.3 is 15.0 Å². The van der Waals surface area contributed by atoms with Crippen LogP contribution in [-0.4, -0.2) is 28.7 Å². The van der Waals surface area contributed by atoms with Crippen molar-refractivity contribution >= 4 is 17.2 Å². The topological polar surface area (TPSA) is 71.3 Å². The maximum absolute atomic E-state index is 12.0. The molecule has 0 aliphatic rings. The number of thiophene rings is 1. The number of nitrogens with one attached hydrogen (secondary N) is 1. The highest BCUT2D eigenvalue weighted by Gasteiger charge is 2.12. The summed E-state index contributed by atoms with van der Waals surface area (Å²) in [6, 6.07) is 4.89. The molecular formula is C15H18N2O3S. The third-order valence-electron chi connectivity index (χ3n) is 3.26. The summed E-state index contributed by atoms with van der Waals surface area (Å²) in [4.78, 5) is 23.3. The van der Waals surface area contributed by atoms with Gasteiger partial charge in [0.25, 0.3) is 5.91 Å². The second-order valence-corrected chi connectivity index (χ2v) is 5.74. The Morgan fingerprint density at radius 1 is 1.43 bits per heavy atom. The molecule has 112 valence electrons. The van der Waals surface area contributed by atoms with Gasteiger partial charge in [-0.2, -0.15) is 11.3 Å². The van der Waals surface area contributed by atoms with Gasteiger partial charge in [0.05, 0.1) is 5.56 Å². The largest absolute Gasteiger partial charge is 0.396 e. The number of nitrogens with zero attached hydrogens (tertiary/aromatic N) is 1. The van der Waals surface area contributed by atoms with Crippen LogP contribution in [0.1, 0.15) is 15.9 Å². The summed E-state index contributed by atoms with van der Waals surface area (Å²) >= 11 is 1.61. The molecule has 6 heteroatoms. The van der Waals surface area contributed by atoms with Crippen molar-refractivity contribution in [1.29, 1.82) is 0 Å². The zero-order chi connectivity index (χ0) is 15.2. The van der Waals surface area contributed by atoms with Crippen molar-refractivity contribution in [3.05, 3.63) is 56.6 Å². The molecule has 1 atom stereocenters. The van der Waals surface area contributed by atoms with E-state index < -0.39 is 0 Å². The monoisotopic (exact) mass is 306 g/mol. The fraction of sp³-hybridized carbons (Fsp3) is 0.333.